The van der Waals surface area contributed by atoms with Gasteiger partial charge in [-0.2, -0.15) is 4.98 Å². The first-order chi connectivity index (χ1) is 8.20. The molecule has 0 spiro atoms. The highest BCUT2D eigenvalue weighted by atomic mass is 16.5. The second-order valence-corrected chi connectivity index (χ2v) is 3.58. The van der Waals surface area contributed by atoms with Crippen LogP contribution in [0, 0.1) is 0 Å². The number of aromatic nitrogens is 3. The number of carboxylic acids is 1. The number of carboxylic acid groups (broad SMARTS) is 1. The van der Waals surface area contributed by atoms with Crippen molar-refractivity contribution in [3.8, 4) is 11.5 Å². The Balaban J connectivity index is 2.15. The van der Waals surface area contributed by atoms with Crippen LogP contribution < -0.4 is 0 Å². The Morgan fingerprint density at radius 3 is 3.12 bits per heavy atom. The molecule has 6 heteroatoms. The van der Waals surface area contributed by atoms with Crippen molar-refractivity contribution in [1.29, 1.82) is 0 Å². The molecule has 90 valence electrons. The topological polar surface area (TPSA) is 81.2 Å². The van der Waals surface area contributed by atoms with Gasteiger partial charge in [-0.3, -0.25) is 4.79 Å². The number of aliphatic carboxylic acids is 1. The third-order valence-corrected chi connectivity index (χ3v) is 2.42. The Morgan fingerprint density at radius 2 is 2.41 bits per heavy atom. The highest BCUT2D eigenvalue weighted by molar-refractivity contribution is 5.66. The third-order valence-electron chi connectivity index (χ3n) is 2.42. The molecule has 6 nitrogen and oxygen atoms in total. The number of rotatable bonds is 5. The van der Waals surface area contributed by atoms with Crippen LogP contribution in [0.4, 0.5) is 0 Å². The Bertz CT molecular complexity index is 516. The van der Waals surface area contributed by atoms with Crippen molar-refractivity contribution < 1.29 is 14.4 Å². The Morgan fingerprint density at radius 1 is 1.59 bits per heavy atom. The minimum atomic E-state index is -0.873. The molecule has 17 heavy (non-hydrogen) atoms. The summed E-state index contributed by atoms with van der Waals surface area (Å²) in [6.45, 7) is 2.84. The summed E-state index contributed by atoms with van der Waals surface area (Å²) >= 11 is 0. The first-order valence-electron chi connectivity index (χ1n) is 5.40. The largest absolute Gasteiger partial charge is 0.481 e. The van der Waals surface area contributed by atoms with Crippen molar-refractivity contribution in [3.05, 3.63) is 24.2 Å². The predicted octanol–water partition coefficient (Wildman–Crippen LogP) is 1.58. The molecule has 0 saturated carbocycles. The average molecular weight is 235 g/mol. The summed E-state index contributed by atoms with van der Waals surface area (Å²) in [5, 5.41) is 12.4. The number of nitrogens with zero attached hydrogens (tertiary/aromatic N) is 3. The molecular formula is C11H13N3O3. The second-order valence-electron chi connectivity index (χ2n) is 3.58. The van der Waals surface area contributed by atoms with Crippen LogP contribution in [0.3, 0.4) is 0 Å². The number of hydrogen-bond donors (Lipinski definition) is 1. The first kappa shape index (κ1) is 11.4. The molecule has 0 fully saturated rings. The van der Waals surface area contributed by atoms with Gasteiger partial charge in [-0.1, -0.05) is 5.16 Å². The van der Waals surface area contributed by atoms with E-state index in [1.54, 1.807) is 0 Å². The second kappa shape index (κ2) is 4.82. The summed E-state index contributed by atoms with van der Waals surface area (Å²) in [7, 11) is 0. The van der Waals surface area contributed by atoms with Crippen LogP contribution in [0.25, 0.3) is 11.5 Å². The highest BCUT2D eigenvalue weighted by Crippen LogP contribution is 2.17. The van der Waals surface area contributed by atoms with E-state index >= 15 is 0 Å². The van der Waals surface area contributed by atoms with E-state index in [9.17, 15) is 4.79 Å². The quantitative estimate of drug-likeness (QED) is 0.850. The van der Waals surface area contributed by atoms with Gasteiger partial charge in [0.2, 0.25) is 11.7 Å². The zero-order chi connectivity index (χ0) is 12.3. The minimum Gasteiger partial charge on any atom is -0.481 e. The lowest BCUT2D eigenvalue weighted by Gasteiger charge is -2.00. The number of carbonyl (C=O) groups is 1. The van der Waals surface area contributed by atoms with Crippen molar-refractivity contribution in [2.45, 2.75) is 26.3 Å². The Hall–Kier alpha value is -2.11. The van der Waals surface area contributed by atoms with Gasteiger partial charge in [0.1, 0.15) is 0 Å². The van der Waals surface area contributed by atoms with Gasteiger partial charge in [-0.25, -0.2) is 0 Å². The fourth-order valence-electron chi connectivity index (χ4n) is 1.57. The van der Waals surface area contributed by atoms with Gasteiger partial charge in [0.05, 0.1) is 12.1 Å². The minimum absolute atomic E-state index is 0.00355. The summed E-state index contributed by atoms with van der Waals surface area (Å²) in [6, 6.07) is 3.81. The highest BCUT2D eigenvalue weighted by Gasteiger charge is 2.12. The van der Waals surface area contributed by atoms with Crippen LogP contribution in [-0.4, -0.2) is 25.8 Å². The number of hydrogen-bond acceptors (Lipinski definition) is 4. The summed E-state index contributed by atoms with van der Waals surface area (Å²) in [5.41, 5.74) is 0.873. The summed E-state index contributed by atoms with van der Waals surface area (Å²) in [5.74, 6) is -0.0230. The Labute approximate surface area is 97.9 Å². The van der Waals surface area contributed by atoms with Crippen molar-refractivity contribution in [3.63, 3.8) is 0 Å². The van der Waals surface area contributed by atoms with E-state index in [1.165, 1.54) is 0 Å². The summed E-state index contributed by atoms with van der Waals surface area (Å²) in [4.78, 5) is 14.6. The van der Waals surface area contributed by atoms with Crippen molar-refractivity contribution in [2.24, 2.45) is 0 Å². The molecule has 0 aliphatic heterocycles. The Kier molecular flexibility index (Phi) is 3.22. The van der Waals surface area contributed by atoms with Crippen LogP contribution in [0.2, 0.25) is 0 Å². The molecule has 2 rings (SSSR count). The fourth-order valence-corrected chi connectivity index (χ4v) is 1.57. The molecule has 0 aliphatic rings. The van der Waals surface area contributed by atoms with E-state index in [4.69, 9.17) is 9.63 Å². The van der Waals surface area contributed by atoms with E-state index < -0.39 is 5.97 Å². The molecule has 2 aromatic rings. The predicted molar refractivity (Wildman–Crippen MR) is 59.4 cm³/mol. The third kappa shape index (κ3) is 2.52. The maximum Gasteiger partial charge on any atom is 0.303 e. The molecule has 0 saturated heterocycles. The standard InChI is InChI=1S/C11H13N3O3/c1-2-14-7-3-4-8(14)11-12-9(17-13-11)5-6-10(15)16/h3-4,7H,2,5-6H2,1H3,(H,15,16). The monoisotopic (exact) mass is 235 g/mol. The van der Waals surface area contributed by atoms with Gasteiger partial charge in [-0.05, 0) is 19.1 Å². The summed E-state index contributed by atoms with van der Waals surface area (Å²) in [6.07, 6.45) is 2.19. The normalized spacial score (nSPS) is 10.6. The molecule has 0 unspecified atom stereocenters. The molecule has 0 aliphatic carbocycles. The molecule has 0 aromatic carbocycles. The molecule has 0 bridgehead atoms. The van der Waals surface area contributed by atoms with Gasteiger partial charge in [0.15, 0.2) is 0 Å². The molecular weight excluding hydrogens is 222 g/mol. The average Bonchev–Trinajstić information content (AvgIpc) is 2.94. The van der Waals surface area contributed by atoms with Crippen molar-refractivity contribution in [1.82, 2.24) is 14.7 Å². The lowest BCUT2D eigenvalue weighted by molar-refractivity contribution is -0.137. The van der Waals surface area contributed by atoms with Crippen molar-refractivity contribution >= 4 is 5.97 Å². The van der Waals surface area contributed by atoms with Crippen LogP contribution in [0.5, 0.6) is 0 Å². The van der Waals surface area contributed by atoms with E-state index in [0.29, 0.717) is 11.7 Å². The summed E-state index contributed by atoms with van der Waals surface area (Å²) < 4.78 is 6.99. The van der Waals surface area contributed by atoms with Gasteiger partial charge in [-0.15, -0.1) is 0 Å². The molecule has 0 amide bonds. The van der Waals surface area contributed by atoms with E-state index in [1.807, 2.05) is 29.8 Å². The molecule has 0 atom stereocenters. The zero-order valence-electron chi connectivity index (χ0n) is 9.46. The van der Waals surface area contributed by atoms with Crippen molar-refractivity contribution in [2.75, 3.05) is 0 Å². The maximum absolute atomic E-state index is 10.4. The molecule has 2 aromatic heterocycles. The van der Waals surface area contributed by atoms with Gasteiger partial charge in [0, 0.05) is 19.2 Å². The van der Waals surface area contributed by atoms with E-state index in [0.717, 1.165) is 12.2 Å². The maximum atomic E-state index is 10.4. The number of aryl methyl sites for hydroxylation is 2. The fraction of sp³-hybridized carbons (Fsp3) is 0.364. The van der Waals surface area contributed by atoms with Crippen LogP contribution in [-0.2, 0) is 17.8 Å². The molecule has 2 heterocycles. The van der Waals surface area contributed by atoms with Gasteiger partial charge < -0.3 is 14.2 Å². The zero-order valence-corrected chi connectivity index (χ0v) is 9.46. The van der Waals surface area contributed by atoms with Crippen LogP contribution in [0.1, 0.15) is 19.2 Å². The molecule has 1 N–H and O–H groups in total. The smallest absolute Gasteiger partial charge is 0.303 e. The van der Waals surface area contributed by atoms with Gasteiger partial charge in [0.25, 0.3) is 0 Å². The molecule has 0 radical (unpaired) electrons. The van der Waals surface area contributed by atoms with E-state index in [-0.39, 0.29) is 12.8 Å². The van der Waals surface area contributed by atoms with Gasteiger partial charge >= 0.3 is 5.97 Å². The SMILES string of the molecule is CCn1cccc1-c1noc(CCC(=O)O)n1. The lowest BCUT2D eigenvalue weighted by atomic mass is 10.3. The van der Waals surface area contributed by atoms with Crippen LogP contribution in [0.15, 0.2) is 22.9 Å². The van der Waals surface area contributed by atoms with Crippen LogP contribution >= 0.6 is 0 Å². The van der Waals surface area contributed by atoms with E-state index in [2.05, 4.69) is 10.1 Å². The lowest BCUT2D eigenvalue weighted by Crippen LogP contribution is -1.98. The first-order valence-corrected chi connectivity index (χ1v) is 5.40.